The maximum absolute atomic E-state index is 12.3. The standard InChI is InChI=1S/C20H30O4/c1-3-7-16-9-11-17(12-10-16)18(20(21)22-4-2)13-15-24-19-8-5-6-14-23-19/h9-12,18-19H,3-8,13-15H2,1-2H3. The zero-order valence-electron chi connectivity index (χ0n) is 15.0. The molecular formula is C20H30O4. The summed E-state index contributed by atoms with van der Waals surface area (Å²) in [5.41, 5.74) is 2.30. The van der Waals surface area contributed by atoms with E-state index >= 15 is 0 Å². The van der Waals surface area contributed by atoms with E-state index in [1.807, 2.05) is 19.1 Å². The summed E-state index contributed by atoms with van der Waals surface area (Å²) < 4.78 is 16.6. The summed E-state index contributed by atoms with van der Waals surface area (Å²) in [6.45, 7) is 5.68. The molecule has 0 spiro atoms. The molecule has 1 aliphatic rings. The Morgan fingerprint density at radius 1 is 1.25 bits per heavy atom. The molecule has 24 heavy (non-hydrogen) atoms. The van der Waals surface area contributed by atoms with Gasteiger partial charge in [0.25, 0.3) is 0 Å². The average Bonchev–Trinajstić information content (AvgIpc) is 2.61. The number of ether oxygens (including phenoxy) is 3. The number of rotatable bonds is 9. The van der Waals surface area contributed by atoms with Gasteiger partial charge in [0.15, 0.2) is 6.29 Å². The molecule has 1 saturated heterocycles. The summed E-state index contributed by atoms with van der Waals surface area (Å²) in [6.07, 6.45) is 5.87. The Hall–Kier alpha value is -1.39. The molecule has 4 heteroatoms. The molecule has 0 amide bonds. The Labute approximate surface area is 145 Å². The molecule has 1 fully saturated rings. The van der Waals surface area contributed by atoms with E-state index in [9.17, 15) is 4.79 Å². The third-order valence-electron chi connectivity index (χ3n) is 4.34. The maximum Gasteiger partial charge on any atom is 0.313 e. The molecule has 2 atom stereocenters. The zero-order valence-corrected chi connectivity index (χ0v) is 15.0. The molecule has 0 aromatic heterocycles. The van der Waals surface area contributed by atoms with Gasteiger partial charge in [-0.25, -0.2) is 0 Å². The van der Waals surface area contributed by atoms with Gasteiger partial charge in [-0.2, -0.15) is 0 Å². The van der Waals surface area contributed by atoms with Crippen LogP contribution in [0.25, 0.3) is 0 Å². The molecule has 2 unspecified atom stereocenters. The first-order valence-corrected chi connectivity index (χ1v) is 9.23. The fourth-order valence-corrected chi connectivity index (χ4v) is 3.03. The highest BCUT2D eigenvalue weighted by Gasteiger charge is 2.23. The number of esters is 1. The van der Waals surface area contributed by atoms with Gasteiger partial charge in [-0.3, -0.25) is 4.79 Å². The Morgan fingerprint density at radius 2 is 2.04 bits per heavy atom. The van der Waals surface area contributed by atoms with Gasteiger partial charge in [-0.15, -0.1) is 0 Å². The van der Waals surface area contributed by atoms with Crippen molar-refractivity contribution in [2.75, 3.05) is 19.8 Å². The first-order chi connectivity index (χ1) is 11.7. The monoisotopic (exact) mass is 334 g/mol. The van der Waals surface area contributed by atoms with Crippen LogP contribution in [0.3, 0.4) is 0 Å². The first kappa shape index (κ1) is 18.9. The lowest BCUT2D eigenvalue weighted by atomic mass is 9.94. The van der Waals surface area contributed by atoms with E-state index in [1.54, 1.807) is 0 Å². The Bertz CT molecular complexity index is 477. The molecule has 0 radical (unpaired) electrons. The molecule has 1 heterocycles. The van der Waals surface area contributed by atoms with Crippen LogP contribution in [-0.4, -0.2) is 32.1 Å². The Balaban J connectivity index is 1.94. The van der Waals surface area contributed by atoms with Crippen molar-refractivity contribution in [2.24, 2.45) is 0 Å². The molecule has 0 N–H and O–H groups in total. The van der Waals surface area contributed by atoms with Crippen LogP contribution in [0.4, 0.5) is 0 Å². The summed E-state index contributed by atoms with van der Waals surface area (Å²) in [7, 11) is 0. The fraction of sp³-hybridized carbons (Fsp3) is 0.650. The van der Waals surface area contributed by atoms with Crippen molar-refractivity contribution >= 4 is 5.97 Å². The molecule has 1 aliphatic heterocycles. The van der Waals surface area contributed by atoms with Crippen molar-refractivity contribution in [3.8, 4) is 0 Å². The van der Waals surface area contributed by atoms with Crippen molar-refractivity contribution in [1.82, 2.24) is 0 Å². The summed E-state index contributed by atoms with van der Waals surface area (Å²) in [5.74, 6) is -0.446. The molecule has 2 rings (SSSR count). The second-order valence-electron chi connectivity index (χ2n) is 6.25. The molecule has 4 nitrogen and oxygen atoms in total. The summed E-state index contributed by atoms with van der Waals surface area (Å²) in [6, 6.07) is 8.31. The van der Waals surface area contributed by atoms with Crippen LogP contribution < -0.4 is 0 Å². The zero-order chi connectivity index (χ0) is 17.2. The molecule has 0 saturated carbocycles. The molecule has 0 bridgehead atoms. The van der Waals surface area contributed by atoms with Gasteiger partial charge in [-0.1, -0.05) is 37.6 Å². The Morgan fingerprint density at radius 3 is 2.67 bits per heavy atom. The number of hydrogen-bond donors (Lipinski definition) is 0. The molecule has 1 aromatic carbocycles. The summed E-state index contributed by atoms with van der Waals surface area (Å²) in [5, 5.41) is 0. The van der Waals surface area contributed by atoms with Crippen LogP contribution in [-0.2, 0) is 25.4 Å². The van der Waals surface area contributed by atoms with Gasteiger partial charge in [0.2, 0.25) is 0 Å². The molecular weight excluding hydrogens is 304 g/mol. The van der Waals surface area contributed by atoms with E-state index in [2.05, 4.69) is 19.1 Å². The third kappa shape index (κ3) is 5.91. The van der Waals surface area contributed by atoms with Crippen molar-refractivity contribution in [2.45, 2.75) is 64.6 Å². The number of carbonyl (C=O) groups excluding carboxylic acids is 1. The predicted molar refractivity (Wildman–Crippen MR) is 94.0 cm³/mol. The highest BCUT2D eigenvalue weighted by Crippen LogP contribution is 2.24. The minimum atomic E-state index is -0.274. The van der Waals surface area contributed by atoms with Gasteiger partial charge >= 0.3 is 5.97 Å². The lowest BCUT2D eigenvalue weighted by Crippen LogP contribution is -2.24. The smallest absolute Gasteiger partial charge is 0.313 e. The lowest BCUT2D eigenvalue weighted by Gasteiger charge is -2.24. The van der Waals surface area contributed by atoms with E-state index < -0.39 is 0 Å². The second kappa shape index (κ2) is 10.5. The minimum Gasteiger partial charge on any atom is -0.466 e. The van der Waals surface area contributed by atoms with Gasteiger partial charge in [-0.05, 0) is 50.2 Å². The SMILES string of the molecule is CCCc1ccc(C(CCOC2CCCCO2)C(=O)OCC)cc1. The van der Waals surface area contributed by atoms with E-state index in [4.69, 9.17) is 14.2 Å². The second-order valence-corrected chi connectivity index (χ2v) is 6.25. The van der Waals surface area contributed by atoms with Gasteiger partial charge in [0.05, 0.1) is 19.1 Å². The van der Waals surface area contributed by atoms with Gasteiger partial charge in [0, 0.05) is 6.61 Å². The van der Waals surface area contributed by atoms with Crippen LogP contribution in [0, 0.1) is 0 Å². The predicted octanol–water partition coefficient (Wildman–Crippen LogP) is 4.22. The molecule has 134 valence electrons. The molecule has 0 aliphatic carbocycles. The van der Waals surface area contributed by atoms with E-state index in [1.165, 1.54) is 5.56 Å². The minimum absolute atomic E-state index is 0.117. The number of hydrogen-bond acceptors (Lipinski definition) is 4. The average molecular weight is 334 g/mol. The van der Waals surface area contributed by atoms with Crippen LogP contribution in [0.5, 0.6) is 0 Å². The van der Waals surface area contributed by atoms with Gasteiger partial charge < -0.3 is 14.2 Å². The number of benzene rings is 1. The number of aryl methyl sites for hydroxylation is 1. The first-order valence-electron chi connectivity index (χ1n) is 9.23. The van der Waals surface area contributed by atoms with E-state index in [-0.39, 0.29) is 18.2 Å². The highest BCUT2D eigenvalue weighted by molar-refractivity contribution is 5.78. The van der Waals surface area contributed by atoms with Crippen molar-refractivity contribution < 1.29 is 19.0 Å². The lowest BCUT2D eigenvalue weighted by molar-refractivity contribution is -0.165. The van der Waals surface area contributed by atoms with E-state index in [0.29, 0.717) is 19.6 Å². The van der Waals surface area contributed by atoms with Crippen LogP contribution in [0.2, 0.25) is 0 Å². The summed E-state index contributed by atoms with van der Waals surface area (Å²) in [4.78, 5) is 12.3. The van der Waals surface area contributed by atoms with Crippen molar-refractivity contribution in [3.63, 3.8) is 0 Å². The highest BCUT2D eigenvalue weighted by atomic mass is 16.7. The van der Waals surface area contributed by atoms with Gasteiger partial charge in [0.1, 0.15) is 0 Å². The largest absolute Gasteiger partial charge is 0.466 e. The Kier molecular flexibility index (Phi) is 8.26. The topological polar surface area (TPSA) is 44.8 Å². The van der Waals surface area contributed by atoms with Crippen LogP contribution in [0.15, 0.2) is 24.3 Å². The van der Waals surface area contributed by atoms with E-state index in [0.717, 1.165) is 44.3 Å². The number of carbonyl (C=O) groups is 1. The summed E-state index contributed by atoms with van der Waals surface area (Å²) >= 11 is 0. The maximum atomic E-state index is 12.3. The molecule has 1 aromatic rings. The van der Waals surface area contributed by atoms with Crippen molar-refractivity contribution in [3.05, 3.63) is 35.4 Å². The fourth-order valence-electron chi connectivity index (χ4n) is 3.03. The normalized spacial score (nSPS) is 19.0. The van der Waals surface area contributed by atoms with Crippen LogP contribution in [0.1, 0.15) is 63.0 Å². The van der Waals surface area contributed by atoms with Crippen molar-refractivity contribution in [1.29, 1.82) is 0 Å². The van der Waals surface area contributed by atoms with Crippen LogP contribution >= 0.6 is 0 Å². The quantitative estimate of drug-likeness (QED) is 0.634. The third-order valence-corrected chi connectivity index (χ3v) is 4.34.